The molecule has 1 saturated heterocycles. The van der Waals surface area contributed by atoms with Gasteiger partial charge in [-0.1, -0.05) is 24.3 Å². The predicted octanol–water partition coefficient (Wildman–Crippen LogP) is 3.47. The van der Waals surface area contributed by atoms with Crippen LogP contribution in [0.25, 0.3) is 6.08 Å². The van der Waals surface area contributed by atoms with Crippen LogP contribution in [0.3, 0.4) is 0 Å². The molecule has 0 radical (unpaired) electrons. The molecule has 0 saturated carbocycles. The summed E-state index contributed by atoms with van der Waals surface area (Å²) in [5, 5.41) is 11.9. The van der Waals surface area contributed by atoms with E-state index in [2.05, 4.69) is 5.32 Å². The topological polar surface area (TPSA) is 95.9 Å². The van der Waals surface area contributed by atoms with Crippen molar-refractivity contribution in [2.24, 2.45) is 0 Å². The van der Waals surface area contributed by atoms with E-state index in [1.807, 2.05) is 6.07 Å². The van der Waals surface area contributed by atoms with Crippen LogP contribution in [-0.2, 0) is 9.59 Å². The van der Waals surface area contributed by atoms with E-state index in [9.17, 15) is 19.5 Å². The van der Waals surface area contributed by atoms with E-state index in [0.29, 0.717) is 17.9 Å². The molecule has 0 bridgehead atoms. The molecule has 8 heteroatoms. The molecule has 7 nitrogen and oxygen atoms in total. The monoisotopic (exact) mass is 398 g/mol. The Kier molecular flexibility index (Phi) is 6.00. The summed E-state index contributed by atoms with van der Waals surface area (Å²) in [5.41, 5.74) is 1.18. The van der Waals surface area contributed by atoms with E-state index in [-0.39, 0.29) is 22.9 Å². The Morgan fingerprint density at radius 3 is 2.68 bits per heavy atom. The molecule has 1 fully saturated rings. The molecule has 2 aromatic rings. The summed E-state index contributed by atoms with van der Waals surface area (Å²) in [6.45, 7) is 1.80. The highest BCUT2D eigenvalue weighted by molar-refractivity contribution is 8.18. The van der Waals surface area contributed by atoms with Crippen LogP contribution in [0.4, 0.5) is 10.5 Å². The van der Waals surface area contributed by atoms with Crippen LogP contribution in [0, 0.1) is 0 Å². The van der Waals surface area contributed by atoms with Gasteiger partial charge in [-0.3, -0.25) is 19.3 Å². The molecule has 2 N–H and O–H groups in total. The van der Waals surface area contributed by atoms with Gasteiger partial charge in [0, 0.05) is 5.69 Å². The second-order valence-electron chi connectivity index (χ2n) is 5.84. The van der Waals surface area contributed by atoms with Crippen LogP contribution in [0.1, 0.15) is 12.5 Å². The van der Waals surface area contributed by atoms with Gasteiger partial charge in [0.2, 0.25) is 5.91 Å². The Bertz CT molecular complexity index is 943. The number of para-hydroxylation sites is 1. The van der Waals surface area contributed by atoms with Gasteiger partial charge in [-0.25, -0.2) is 0 Å². The Labute approximate surface area is 166 Å². The first-order chi connectivity index (χ1) is 13.5. The van der Waals surface area contributed by atoms with Crippen molar-refractivity contribution in [2.75, 3.05) is 18.5 Å². The molecule has 0 atom stereocenters. The van der Waals surface area contributed by atoms with E-state index in [1.165, 1.54) is 12.1 Å². The summed E-state index contributed by atoms with van der Waals surface area (Å²) in [4.78, 5) is 38.0. The van der Waals surface area contributed by atoms with E-state index in [1.54, 1.807) is 43.3 Å². The van der Waals surface area contributed by atoms with Gasteiger partial charge in [0.25, 0.3) is 11.1 Å². The predicted molar refractivity (Wildman–Crippen MR) is 107 cm³/mol. The van der Waals surface area contributed by atoms with Crippen LogP contribution in [0.2, 0.25) is 0 Å². The van der Waals surface area contributed by atoms with E-state index in [4.69, 9.17) is 4.74 Å². The minimum absolute atomic E-state index is 0.00955. The number of thioether (sulfide) groups is 1. The number of phenolic OH excluding ortho intramolecular Hbond substituents is 1. The largest absolute Gasteiger partial charge is 0.504 e. The molecule has 3 amide bonds. The number of carbonyl (C=O) groups is 3. The fourth-order valence-electron chi connectivity index (χ4n) is 2.54. The van der Waals surface area contributed by atoms with Crippen LogP contribution in [0.15, 0.2) is 53.4 Å². The third kappa shape index (κ3) is 4.52. The fraction of sp³-hybridized carbons (Fsp3) is 0.150. The highest BCUT2D eigenvalue weighted by atomic mass is 32.2. The van der Waals surface area contributed by atoms with Crippen molar-refractivity contribution in [1.82, 2.24) is 4.90 Å². The number of anilines is 1. The number of aromatic hydroxyl groups is 1. The lowest BCUT2D eigenvalue weighted by atomic mass is 10.2. The van der Waals surface area contributed by atoms with Crippen molar-refractivity contribution in [1.29, 1.82) is 0 Å². The molecular formula is C20H18N2O5S. The Hall–Kier alpha value is -3.26. The van der Waals surface area contributed by atoms with Crippen molar-refractivity contribution in [3.8, 4) is 11.5 Å². The average Bonchev–Trinajstić information content (AvgIpc) is 2.93. The maximum Gasteiger partial charge on any atom is 0.294 e. The highest BCUT2D eigenvalue weighted by Crippen LogP contribution is 2.34. The number of hydrogen-bond donors (Lipinski definition) is 2. The number of rotatable bonds is 6. The molecule has 0 unspecified atom stereocenters. The molecule has 1 heterocycles. The van der Waals surface area contributed by atoms with Gasteiger partial charge in [0.1, 0.15) is 6.54 Å². The number of nitrogens with one attached hydrogen (secondary N) is 1. The van der Waals surface area contributed by atoms with Crippen molar-refractivity contribution in [2.45, 2.75) is 6.92 Å². The smallest absolute Gasteiger partial charge is 0.294 e. The van der Waals surface area contributed by atoms with Crippen molar-refractivity contribution >= 4 is 40.6 Å². The number of ether oxygens (including phenoxy) is 1. The first-order valence-electron chi connectivity index (χ1n) is 8.54. The van der Waals surface area contributed by atoms with Gasteiger partial charge in [-0.15, -0.1) is 0 Å². The molecule has 144 valence electrons. The fourth-order valence-corrected chi connectivity index (χ4v) is 3.38. The Morgan fingerprint density at radius 1 is 1.21 bits per heavy atom. The van der Waals surface area contributed by atoms with Crippen molar-refractivity contribution < 1.29 is 24.2 Å². The summed E-state index contributed by atoms with van der Waals surface area (Å²) in [7, 11) is 0. The summed E-state index contributed by atoms with van der Waals surface area (Å²) < 4.78 is 5.32. The zero-order valence-corrected chi connectivity index (χ0v) is 15.9. The molecular weight excluding hydrogens is 380 g/mol. The van der Waals surface area contributed by atoms with Gasteiger partial charge in [-0.2, -0.15) is 0 Å². The lowest BCUT2D eigenvalue weighted by Gasteiger charge is -2.12. The number of imide groups is 1. The standard InChI is InChI=1S/C20H18N2O5S/c1-2-27-16-10-13(8-9-15(16)23)11-17-19(25)22(20(26)28-17)12-18(24)21-14-6-4-3-5-7-14/h3-11,23H,2,12H2,1H3,(H,21,24)/b17-11-. The Balaban J connectivity index is 1.71. The summed E-state index contributed by atoms with van der Waals surface area (Å²) in [6.07, 6.45) is 1.53. The van der Waals surface area contributed by atoms with Crippen LogP contribution in [0.5, 0.6) is 11.5 Å². The number of benzene rings is 2. The third-order valence-electron chi connectivity index (χ3n) is 3.81. The molecule has 0 spiro atoms. The molecule has 0 aromatic heterocycles. The molecule has 3 rings (SSSR count). The second kappa shape index (κ2) is 8.62. The number of nitrogens with zero attached hydrogens (tertiary/aromatic N) is 1. The summed E-state index contributed by atoms with van der Waals surface area (Å²) >= 11 is 0.764. The number of carbonyl (C=O) groups excluding carboxylic acids is 3. The maximum absolute atomic E-state index is 12.5. The van der Waals surface area contributed by atoms with Gasteiger partial charge in [0.15, 0.2) is 11.5 Å². The van der Waals surface area contributed by atoms with Gasteiger partial charge in [-0.05, 0) is 54.6 Å². The maximum atomic E-state index is 12.5. The minimum Gasteiger partial charge on any atom is -0.504 e. The number of hydrogen-bond acceptors (Lipinski definition) is 6. The zero-order valence-electron chi connectivity index (χ0n) is 15.0. The Morgan fingerprint density at radius 2 is 1.96 bits per heavy atom. The van der Waals surface area contributed by atoms with Crippen LogP contribution < -0.4 is 10.1 Å². The first kappa shape index (κ1) is 19.5. The van der Waals surface area contributed by atoms with Crippen LogP contribution in [-0.4, -0.2) is 40.2 Å². The lowest BCUT2D eigenvalue weighted by Crippen LogP contribution is -2.36. The number of phenols is 1. The molecule has 1 aliphatic rings. The zero-order chi connectivity index (χ0) is 20.1. The highest BCUT2D eigenvalue weighted by Gasteiger charge is 2.36. The normalized spacial score (nSPS) is 15.2. The average molecular weight is 398 g/mol. The molecule has 0 aliphatic carbocycles. The quantitative estimate of drug-likeness (QED) is 0.724. The van der Waals surface area contributed by atoms with Crippen molar-refractivity contribution in [3.05, 3.63) is 59.0 Å². The second-order valence-corrected chi connectivity index (χ2v) is 6.84. The molecule has 1 aliphatic heterocycles. The summed E-state index contributed by atoms with van der Waals surface area (Å²) in [6, 6.07) is 13.4. The minimum atomic E-state index is -0.538. The van der Waals surface area contributed by atoms with E-state index < -0.39 is 17.1 Å². The van der Waals surface area contributed by atoms with Crippen LogP contribution >= 0.6 is 11.8 Å². The number of amides is 3. The van der Waals surface area contributed by atoms with E-state index in [0.717, 1.165) is 16.7 Å². The third-order valence-corrected chi connectivity index (χ3v) is 4.72. The van der Waals surface area contributed by atoms with Gasteiger partial charge < -0.3 is 15.2 Å². The van der Waals surface area contributed by atoms with E-state index >= 15 is 0 Å². The van der Waals surface area contributed by atoms with Gasteiger partial charge >= 0.3 is 0 Å². The molecule has 2 aromatic carbocycles. The first-order valence-corrected chi connectivity index (χ1v) is 9.35. The van der Waals surface area contributed by atoms with Crippen molar-refractivity contribution in [3.63, 3.8) is 0 Å². The molecule has 28 heavy (non-hydrogen) atoms. The SMILES string of the molecule is CCOc1cc(/C=C2\SC(=O)N(CC(=O)Nc3ccccc3)C2=O)ccc1O. The lowest BCUT2D eigenvalue weighted by molar-refractivity contribution is -0.127. The summed E-state index contributed by atoms with van der Waals surface area (Å²) in [5.74, 6) is -0.718. The van der Waals surface area contributed by atoms with Gasteiger partial charge in [0.05, 0.1) is 11.5 Å².